The molecule has 1 aromatic rings. The molecule has 0 aliphatic heterocycles. The molecular weight excluding hydrogens is 204 g/mol. The van der Waals surface area contributed by atoms with Crippen LogP contribution in [0.3, 0.4) is 0 Å². The van der Waals surface area contributed by atoms with Gasteiger partial charge in [-0.1, -0.05) is 29.8 Å². The lowest BCUT2D eigenvalue weighted by molar-refractivity contribution is 0.750. The van der Waals surface area contributed by atoms with Crippen molar-refractivity contribution in [3.63, 3.8) is 0 Å². The highest BCUT2D eigenvalue weighted by atomic mass is 32.2. The van der Waals surface area contributed by atoms with Gasteiger partial charge in [-0.3, -0.25) is 0 Å². The molecule has 1 rings (SSSR count). The summed E-state index contributed by atoms with van der Waals surface area (Å²) in [6, 6.07) is 10.7. The summed E-state index contributed by atoms with van der Waals surface area (Å²) in [6.45, 7) is 2.10. The molecular formula is C12H16N2S. The van der Waals surface area contributed by atoms with Crippen LogP contribution in [0, 0.1) is 18.3 Å². The largest absolute Gasteiger partial charge is 0.304 e. The van der Waals surface area contributed by atoms with Crippen molar-refractivity contribution in [2.45, 2.75) is 18.7 Å². The lowest BCUT2D eigenvalue weighted by Crippen LogP contribution is -2.25. The molecule has 0 aromatic heterocycles. The topological polar surface area (TPSA) is 35.8 Å². The highest BCUT2D eigenvalue weighted by Crippen LogP contribution is 2.14. The summed E-state index contributed by atoms with van der Waals surface area (Å²) in [6.07, 6.45) is 0. The summed E-state index contributed by atoms with van der Waals surface area (Å²) in [5.74, 6) is 1.81. The zero-order valence-corrected chi connectivity index (χ0v) is 9.97. The van der Waals surface area contributed by atoms with Crippen molar-refractivity contribution in [3.8, 4) is 6.07 Å². The Bertz CT molecular complexity index is 344. The molecule has 15 heavy (non-hydrogen) atoms. The molecule has 0 radical (unpaired) electrons. The summed E-state index contributed by atoms with van der Waals surface area (Å²) in [7, 11) is 1.82. The molecule has 1 N–H and O–H groups in total. The first-order valence-corrected chi connectivity index (χ1v) is 6.12. The Morgan fingerprint density at radius 3 is 2.93 bits per heavy atom. The van der Waals surface area contributed by atoms with Gasteiger partial charge >= 0.3 is 0 Å². The van der Waals surface area contributed by atoms with Crippen LogP contribution in [0.2, 0.25) is 0 Å². The minimum atomic E-state index is -0.0418. The fourth-order valence-corrected chi connectivity index (χ4v) is 2.29. The van der Waals surface area contributed by atoms with E-state index < -0.39 is 0 Å². The van der Waals surface area contributed by atoms with Gasteiger partial charge in [0.05, 0.1) is 6.07 Å². The van der Waals surface area contributed by atoms with Crippen LogP contribution in [0.5, 0.6) is 0 Å². The molecule has 0 saturated carbocycles. The maximum absolute atomic E-state index is 8.74. The number of nitriles is 1. The Kier molecular flexibility index (Phi) is 5.23. The van der Waals surface area contributed by atoms with Crippen LogP contribution in [-0.2, 0) is 5.75 Å². The van der Waals surface area contributed by atoms with E-state index in [0.29, 0.717) is 0 Å². The van der Waals surface area contributed by atoms with Crippen LogP contribution >= 0.6 is 11.8 Å². The molecule has 0 heterocycles. The molecule has 0 saturated heterocycles. The number of thioether (sulfide) groups is 1. The summed E-state index contributed by atoms with van der Waals surface area (Å²) in [5.41, 5.74) is 2.62. The van der Waals surface area contributed by atoms with E-state index in [1.165, 1.54) is 11.1 Å². The van der Waals surface area contributed by atoms with E-state index in [9.17, 15) is 0 Å². The van der Waals surface area contributed by atoms with Crippen LogP contribution in [0.25, 0.3) is 0 Å². The second-order valence-electron chi connectivity index (χ2n) is 3.47. The van der Waals surface area contributed by atoms with Gasteiger partial charge in [0.15, 0.2) is 0 Å². The molecule has 0 aliphatic carbocycles. The van der Waals surface area contributed by atoms with Crippen LogP contribution in [0.4, 0.5) is 0 Å². The van der Waals surface area contributed by atoms with E-state index in [1.807, 2.05) is 7.05 Å². The first kappa shape index (κ1) is 12.1. The highest BCUT2D eigenvalue weighted by molar-refractivity contribution is 7.98. The molecule has 1 aromatic carbocycles. The van der Waals surface area contributed by atoms with E-state index in [-0.39, 0.29) is 6.04 Å². The van der Waals surface area contributed by atoms with Crippen molar-refractivity contribution >= 4 is 11.8 Å². The zero-order valence-electron chi connectivity index (χ0n) is 9.16. The Balaban J connectivity index is 2.35. The van der Waals surface area contributed by atoms with Crippen molar-refractivity contribution in [2.75, 3.05) is 12.8 Å². The Hall–Kier alpha value is -0.980. The Morgan fingerprint density at radius 1 is 1.53 bits per heavy atom. The molecule has 2 nitrogen and oxygen atoms in total. The van der Waals surface area contributed by atoms with Crippen molar-refractivity contribution in [1.82, 2.24) is 5.32 Å². The average molecular weight is 220 g/mol. The SMILES string of the molecule is CNC(C#N)CSCc1cccc(C)c1. The van der Waals surface area contributed by atoms with E-state index in [2.05, 4.69) is 42.6 Å². The first-order chi connectivity index (χ1) is 7.26. The van der Waals surface area contributed by atoms with Gasteiger partial charge in [0, 0.05) is 11.5 Å². The fraction of sp³-hybridized carbons (Fsp3) is 0.417. The van der Waals surface area contributed by atoms with Gasteiger partial charge in [0.2, 0.25) is 0 Å². The smallest absolute Gasteiger partial charge is 0.104 e. The molecule has 0 aliphatic rings. The van der Waals surface area contributed by atoms with Gasteiger partial charge in [-0.2, -0.15) is 17.0 Å². The highest BCUT2D eigenvalue weighted by Gasteiger charge is 2.03. The van der Waals surface area contributed by atoms with Crippen LogP contribution in [-0.4, -0.2) is 18.8 Å². The second-order valence-corrected chi connectivity index (χ2v) is 4.50. The van der Waals surface area contributed by atoms with Gasteiger partial charge in [-0.05, 0) is 19.5 Å². The molecule has 0 amide bonds. The quantitative estimate of drug-likeness (QED) is 0.827. The molecule has 1 unspecified atom stereocenters. The number of nitrogens with zero attached hydrogens (tertiary/aromatic N) is 1. The third-order valence-corrected chi connectivity index (χ3v) is 3.25. The van der Waals surface area contributed by atoms with Crippen LogP contribution in [0.1, 0.15) is 11.1 Å². The monoisotopic (exact) mass is 220 g/mol. The van der Waals surface area contributed by atoms with Gasteiger partial charge in [-0.25, -0.2) is 0 Å². The van der Waals surface area contributed by atoms with Crippen LogP contribution < -0.4 is 5.32 Å². The predicted molar refractivity (Wildman–Crippen MR) is 65.8 cm³/mol. The van der Waals surface area contributed by atoms with Crippen molar-refractivity contribution in [1.29, 1.82) is 5.26 Å². The van der Waals surface area contributed by atoms with Crippen molar-refractivity contribution in [2.24, 2.45) is 0 Å². The third-order valence-electron chi connectivity index (χ3n) is 2.14. The van der Waals surface area contributed by atoms with Crippen LogP contribution in [0.15, 0.2) is 24.3 Å². The summed E-state index contributed by atoms with van der Waals surface area (Å²) >= 11 is 1.79. The number of aryl methyl sites for hydroxylation is 1. The minimum absolute atomic E-state index is 0.0418. The number of hydrogen-bond donors (Lipinski definition) is 1. The maximum atomic E-state index is 8.74. The summed E-state index contributed by atoms with van der Waals surface area (Å²) in [4.78, 5) is 0. The normalized spacial score (nSPS) is 12.1. The van der Waals surface area contributed by atoms with Crippen molar-refractivity contribution < 1.29 is 0 Å². The minimum Gasteiger partial charge on any atom is -0.304 e. The number of hydrogen-bond acceptors (Lipinski definition) is 3. The Labute approximate surface area is 95.7 Å². The lowest BCUT2D eigenvalue weighted by Gasteiger charge is -2.07. The first-order valence-electron chi connectivity index (χ1n) is 4.96. The molecule has 3 heteroatoms. The number of rotatable bonds is 5. The molecule has 80 valence electrons. The van der Waals surface area contributed by atoms with Gasteiger partial charge < -0.3 is 5.32 Å². The standard InChI is InChI=1S/C12H16N2S/c1-10-4-3-5-11(6-10)8-15-9-12(7-13)14-2/h3-6,12,14H,8-9H2,1-2H3. The molecule has 0 bridgehead atoms. The molecule has 1 atom stereocenters. The maximum Gasteiger partial charge on any atom is 0.104 e. The summed E-state index contributed by atoms with van der Waals surface area (Å²) in [5, 5.41) is 11.7. The molecule has 0 fully saturated rings. The van der Waals surface area contributed by atoms with E-state index in [0.717, 1.165) is 11.5 Å². The second kappa shape index (κ2) is 6.49. The number of nitrogens with one attached hydrogen (secondary N) is 1. The zero-order chi connectivity index (χ0) is 11.1. The van der Waals surface area contributed by atoms with E-state index in [4.69, 9.17) is 5.26 Å². The van der Waals surface area contributed by atoms with Gasteiger partial charge in [-0.15, -0.1) is 0 Å². The summed E-state index contributed by atoms with van der Waals surface area (Å²) < 4.78 is 0. The average Bonchev–Trinajstić information content (AvgIpc) is 2.25. The Morgan fingerprint density at radius 2 is 2.33 bits per heavy atom. The van der Waals surface area contributed by atoms with E-state index >= 15 is 0 Å². The third kappa shape index (κ3) is 4.37. The number of benzene rings is 1. The van der Waals surface area contributed by atoms with Crippen molar-refractivity contribution in [3.05, 3.63) is 35.4 Å². The van der Waals surface area contributed by atoms with Gasteiger partial charge in [0.25, 0.3) is 0 Å². The fourth-order valence-electron chi connectivity index (χ4n) is 1.28. The predicted octanol–water partition coefficient (Wildman–Crippen LogP) is 2.34. The lowest BCUT2D eigenvalue weighted by atomic mass is 10.2. The van der Waals surface area contributed by atoms with Gasteiger partial charge in [0.1, 0.15) is 6.04 Å². The van der Waals surface area contributed by atoms with E-state index in [1.54, 1.807) is 11.8 Å². The molecule has 0 spiro atoms.